The lowest BCUT2D eigenvalue weighted by molar-refractivity contribution is -0.117. The van der Waals surface area contributed by atoms with Crippen LogP contribution >= 0.6 is 0 Å². The number of benzene rings is 1. The number of sulfonamides is 1. The molecular weight excluding hydrogens is 326 g/mol. The van der Waals surface area contributed by atoms with E-state index >= 15 is 0 Å². The summed E-state index contributed by atoms with van der Waals surface area (Å²) in [6, 6.07) is 7.15. The number of anilines is 1. The molecule has 0 N–H and O–H groups in total. The predicted molar refractivity (Wildman–Crippen MR) is 91.4 cm³/mol. The topological polar surface area (TPSA) is 60.9 Å². The van der Waals surface area contributed by atoms with Crippen LogP contribution in [0.3, 0.4) is 0 Å². The molecule has 0 bridgehead atoms. The second-order valence-electron chi connectivity index (χ2n) is 6.84. The quantitative estimate of drug-likeness (QED) is 0.825. The molecule has 4 rings (SSSR count). The summed E-state index contributed by atoms with van der Waals surface area (Å²) >= 11 is 0. The fourth-order valence-electron chi connectivity index (χ4n) is 4.05. The summed E-state index contributed by atoms with van der Waals surface area (Å²) in [6.07, 6.45) is 3.69. The van der Waals surface area contributed by atoms with Gasteiger partial charge in [-0.3, -0.25) is 9.69 Å². The van der Waals surface area contributed by atoms with Crippen LogP contribution in [-0.2, 0) is 14.8 Å². The van der Waals surface area contributed by atoms with Crippen LogP contribution in [0.15, 0.2) is 29.2 Å². The average molecular weight is 349 g/mol. The van der Waals surface area contributed by atoms with Crippen LogP contribution in [0.2, 0.25) is 0 Å². The summed E-state index contributed by atoms with van der Waals surface area (Å²) in [5.74, 6) is 0.114. The van der Waals surface area contributed by atoms with E-state index in [-0.39, 0.29) is 5.91 Å². The van der Waals surface area contributed by atoms with Gasteiger partial charge in [-0.05, 0) is 50.1 Å². The van der Waals surface area contributed by atoms with Crippen LogP contribution in [0.25, 0.3) is 0 Å². The van der Waals surface area contributed by atoms with E-state index in [1.165, 1.54) is 0 Å². The predicted octanol–water partition coefficient (Wildman–Crippen LogP) is 1.28. The second-order valence-corrected chi connectivity index (χ2v) is 8.78. The van der Waals surface area contributed by atoms with E-state index in [9.17, 15) is 13.2 Å². The molecule has 0 saturated carbocycles. The number of hydrogen-bond donors (Lipinski definition) is 0. The molecule has 3 aliphatic heterocycles. The van der Waals surface area contributed by atoms with Gasteiger partial charge in [0.2, 0.25) is 15.9 Å². The lowest BCUT2D eigenvalue weighted by Crippen LogP contribution is -2.51. The van der Waals surface area contributed by atoms with E-state index < -0.39 is 10.0 Å². The molecule has 3 heterocycles. The van der Waals surface area contributed by atoms with Crippen molar-refractivity contribution >= 4 is 21.6 Å². The molecule has 0 spiro atoms. The normalized spacial score (nSPS) is 26.1. The van der Waals surface area contributed by atoms with Crippen molar-refractivity contribution in [1.82, 2.24) is 9.21 Å². The summed E-state index contributed by atoms with van der Waals surface area (Å²) in [5, 5.41) is 0. The molecule has 1 aromatic rings. The molecule has 3 saturated heterocycles. The molecule has 1 unspecified atom stereocenters. The summed E-state index contributed by atoms with van der Waals surface area (Å²) in [7, 11) is -3.45. The SMILES string of the molecule is O=C1CCCN1c1ccc(S(=O)(=O)N2CCN3CCCC3C2)cc1. The first-order valence-electron chi connectivity index (χ1n) is 8.70. The monoisotopic (exact) mass is 349 g/mol. The molecule has 0 radical (unpaired) electrons. The van der Waals surface area contributed by atoms with Crippen molar-refractivity contribution in [2.45, 2.75) is 36.6 Å². The van der Waals surface area contributed by atoms with Crippen molar-refractivity contribution in [2.75, 3.05) is 37.6 Å². The van der Waals surface area contributed by atoms with E-state index in [0.29, 0.717) is 37.0 Å². The number of rotatable bonds is 3. The number of piperazine rings is 1. The number of amides is 1. The molecule has 3 aliphatic rings. The molecule has 0 aliphatic carbocycles. The smallest absolute Gasteiger partial charge is 0.243 e. The number of hydrogen-bond acceptors (Lipinski definition) is 4. The molecule has 7 heteroatoms. The largest absolute Gasteiger partial charge is 0.312 e. The van der Waals surface area contributed by atoms with Gasteiger partial charge in [0.25, 0.3) is 0 Å². The van der Waals surface area contributed by atoms with Gasteiger partial charge in [0, 0.05) is 44.3 Å². The van der Waals surface area contributed by atoms with Crippen molar-refractivity contribution in [2.24, 2.45) is 0 Å². The van der Waals surface area contributed by atoms with Gasteiger partial charge in [0.1, 0.15) is 0 Å². The first kappa shape index (κ1) is 16.1. The summed E-state index contributed by atoms with van der Waals surface area (Å²) < 4.78 is 27.4. The first-order chi connectivity index (χ1) is 11.6. The summed E-state index contributed by atoms with van der Waals surface area (Å²) in [5.41, 5.74) is 0.789. The van der Waals surface area contributed by atoms with Crippen LogP contribution in [0.4, 0.5) is 5.69 Å². The van der Waals surface area contributed by atoms with Crippen LogP contribution in [0.5, 0.6) is 0 Å². The van der Waals surface area contributed by atoms with Crippen LogP contribution in [0.1, 0.15) is 25.7 Å². The third kappa shape index (κ3) is 2.74. The Balaban J connectivity index is 1.52. The highest BCUT2D eigenvalue weighted by molar-refractivity contribution is 7.89. The standard InChI is InChI=1S/C17H23N3O3S/c21-17-4-2-10-20(17)14-5-7-16(8-6-14)24(22,23)19-12-11-18-9-1-3-15(18)13-19/h5-8,15H,1-4,9-13H2. The Kier molecular flexibility index (Phi) is 4.10. The van der Waals surface area contributed by atoms with Gasteiger partial charge in [-0.1, -0.05) is 0 Å². The highest BCUT2D eigenvalue weighted by Crippen LogP contribution is 2.27. The molecule has 1 atom stereocenters. The summed E-state index contributed by atoms with van der Waals surface area (Å²) in [4.78, 5) is 16.3. The van der Waals surface area contributed by atoms with Crippen molar-refractivity contribution < 1.29 is 13.2 Å². The second kappa shape index (κ2) is 6.13. The van der Waals surface area contributed by atoms with Crippen molar-refractivity contribution in [3.05, 3.63) is 24.3 Å². The third-order valence-electron chi connectivity index (χ3n) is 5.41. The van der Waals surface area contributed by atoms with Crippen molar-refractivity contribution in [3.8, 4) is 0 Å². The van der Waals surface area contributed by atoms with E-state index in [1.807, 2.05) is 0 Å². The first-order valence-corrected chi connectivity index (χ1v) is 10.1. The van der Waals surface area contributed by atoms with Gasteiger partial charge in [-0.25, -0.2) is 8.42 Å². The average Bonchev–Trinajstić information content (AvgIpc) is 3.22. The minimum absolute atomic E-state index is 0.114. The highest BCUT2D eigenvalue weighted by atomic mass is 32.2. The minimum atomic E-state index is -3.45. The van der Waals surface area contributed by atoms with Crippen molar-refractivity contribution in [3.63, 3.8) is 0 Å². The Morgan fingerprint density at radius 1 is 0.958 bits per heavy atom. The van der Waals surface area contributed by atoms with Gasteiger partial charge in [0.15, 0.2) is 0 Å². The molecule has 1 amide bonds. The Hall–Kier alpha value is -1.44. The zero-order chi connectivity index (χ0) is 16.7. The van der Waals surface area contributed by atoms with Gasteiger partial charge in [-0.15, -0.1) is 0 Å². The van der Waals surface area contributed by atoms with Crippen LogP contribution in [-0.4, -0.2) is 62.3 Å². The van der Waals surface area contributed by atoms with E-state index in [2.05, 4.69) is 4.90 Å². The Labute approximate surface area is 143 Å². The fourth-order valence-corrected chi connectivity index (χ4v) is 5.52. The van der Waals surface area contributed by atoms with E-state index in [0.717, 1.165) is 38.0 Å². The number of fused-ring (bicyclic) bond motifs is 1. The zero-order valence-electron chi connectivity index (χ0n) is 13.7. The maximum absolute atomic E-state index is 12.9. The molecule has 0 aromatic heterocycles. The molecule has 3 fully saturated rings. The van der Waals surface area contributed by atoms with Gasteiger partial charge in [0.05, 0.1) is 4.90 Å². The van der Waals surface area contributed by atoms with E-state index in [4.69, 9.17) is 0 Å². The van der Waals surface area contributed by atoms with Crippen LogP contribution in [0, 0.1) is 0 Å². The third-order valence-corrected chi connectivity index (χ3v) is 7.29. The van der Waals surface area contributed by atoms with Crippen molar-refractivity contribution in [1.29, 1.82) is 0 Å². The molecule has 24 heavy (non-hydrogen) atoms. The maximum Gasteiger partial charge on any atom is 0.243 e. The Bertz CT molecular complexity index is 732. The fraction of sp³-hybridized carbons (Fsp3) is 0.588. The van der Waals surface area contributed by atoms with Gasteiger partial charge < -0.3 is 4.90 Å². The Morgan fingerprint density at radius 3 is 2.46 bits per heavy atom. The molecule has 130 valence electrons. The number of carbonyl (C=O) groups excluding carboxylic acids is 1. The number of nitrogens with zero attached hydrogens (tertiary/aromatic N) is 3. The van der Waals surface area contributed by atoms with Crippen LogP contribution < -0.4 is 4.90 Å². The molecular formula is C17H23N3O3S. The highest BCUT2D eigenvalue weighted by Gasteiger charge is 2.36. The van der Waals surface area contributed by atoms with Gasteiger partial charge in [-0.2, -0.15) is 4.31 Å². The van der Waals surface area contributed by atoms with Gasteiger partial charge >= 0.3 is 0 Å². The minimum Gasteiger partial charge on any atom is -0.312 e. The molecule has 1 aromatic carbocycles. The maximum atomic E-state index is 12.9. The summed E-state index contributed by atoms with van der Waals surface area (Å²) in [6.45, 7) is 3.79. The lowest BCUT2D eigenvalue weighted by atomic mass is 10.2. The lowest BCUT2D eigenvalue weighted by Gasteiger charge is -2.36. The number of carbonyl (C=O) groups is 1. The Morgan fingerprint density at radius 2 is 1.75 bits per heavy atom. The zero-order valence-corrected chi connectivity index (χ0v) is 14.5. The molecule has 6 nitrogen and oxygen atoms in total. The van der Waals surface area contributed by atoms with E-state index in [1.54, 1.807) is 33.5 Å².